The molecule has 1 aliphatic rings. The van der Waals surface area contributed by atoms with Gasteiger partial charge in [-0.2, -0.15) is 0 Å². The second kappa shape index (κ2) is 5.48. The van der Waals surface area contributed by atoms with Gasteiger partial charge in [-0.1, -0.05) is 30.3 Å². The largest absolute Gasteiger partial charge is 0.364 e. The van der Waals surface area contributed by atoms with Crippen LogP contribution in [0.25, 0.3) is 0 Å². The number of nitro groups is 1. The van der Waals surface area contributed by atoms with Crippen molar-refractivity contribution in [1.82, 2.24) is 0 Å². The molecular formula is C16H15N3O3. The third-order valence-electron chi connectivity index (χ3n) is 3.73. The number of fused-ring (bicyclic) bond motifs is 1. The first-order chi connectivity index (χ1) is 10.6. The van der Waals surface area contributed by atoms with Crippen molar-refractivity contribution in [2.75, 3.05) is 23.4 Å². The molecule has 3 rings (SSSR count). The lowest BCUT2D eigenvalue weighted by Gasteiger charge is -2.35. The minimum Gasteiger partial charge on any atom is -0.364 e. The van der Waals surface area contributed by atoms with E-state index in [0.717, 1.165) is 11.3 Å². The second-order valence-corrected chi connectivity index (χ2v) is 5.25. The van der Waals surface area contributed by atoms with Crippen molar-refractivity contribution in [3.8, 4) is 0 Å². The number of anilines is 2. The average Bonchev–Trinajstić information content (AvgIpc) is 2.52. The zero-order valence-electron chi connectivity index (χ0n) is 12.1. The number of nitro benzene ring substituents is 1. The molecule has 1 amide bonds. The molecule has 6 nitrogen and oxygen atoms in total. The van der Waals surface area contributed by atoms with Gasteiger partial charge < -0.3 is 9.80 Å². The van der Waals surface area contributed by atoms with Gasteiger partial charge in [0.25, 0.3) is 5.69 Å². The Morgan fingerprint density at radius 1 is 1.14 bits per heavy atom. The van der Waals surface area contributed by atoms with E-state index in [9.17, 15) is 14.9 Å². The number of amides is 1. The fourth-order valence-electron chi connectivity index (χ4n) is 2.61. The summed E-state index contributed by atoms with van der Waals surface area (Å²) in [6, 6.07) is 14.2. The number of benzene rings is 2. The van der Waals surface area contributed by atoms with Crippen LogP contribution >= 0.6 is 0 Å². The van der Waals surface area contributed by atoms with Gasteiger partial charge in [-0.05, 0) is 11.6 Å². The molecule has 0 fully saturated rings. The van der Waals surface area contributed by atoms with E-state index >= 15 is 0 Å². The summed E-state index contributed by atoms with van der Waals surface area (Å²) in [4.78, 5) is 26.3. The maximum Gasteiger partial charge on any atom is 0.271 e. The molecule has 2 aromatic rings. The first-order valence-corrected chi connectivity index (χ1v) is 6.90. The molecule has 2 aromatic carbocycles. The molecule has 0 aliphatic carbocycles. The Labute approximate surface area is 127 Å². The summed E-state index contributed by atoms with van der Waals surface area (Å²) >= 11 is 0. The zero-order chi connectivity index (χ0) is 15.7. The topological polar surface area (TPSA) is 66.7 Å². The Kier molecular flexibility index (Phi) is 3.50. The van der Waals surface area contributed by atoms with E-state index in [0.29, 0.717) is 12.2 Å². The van der Waals surface area contributed by atoms with Gasteiger partial charge >= 0.3 is 0 Å². The lowest BCUT2D eigenvalue weighted by atomic mass is 10.1. The van der Waals surface area contributed by atoms with E-state index < -0.39 is 4.92 Å². The van der Waals surface area contributed by atoms with Gasteiger partial charge in [0.05, 0.1) is 29.4 Å². The van der Waals surface area contributed by atoms with Gasteiger partial charge in [-0.3, -0.25) is 14.9 Å². The zero-order valence-corrected chi connectivity index (χ0v) is 12.1. The fourth-order valence-corrected chi connectivity index (χ4v) is 2.61. The highest BCUT2D eigenvalue weighted by atomic mass is 16.6. The van der Waals surface area contributed by atoms with Crippen LogP contribution in [0, 0.1) is 10.1 Å². The Hall–Kier alpha value is -2.89. The smallest absolute Gasteiger partial charge is 0.271 e. The third kappa shape index (κ3) is 2.50. The van der Waals surface area contributed by atoms with Gasteiger partial charge in [0.2, 0.25) is 5.91 Å². The van der Waals surface area contributed by atoms with Gasteiger partial charge in [0, 0.05) is 19.2 Å². The third-order valence-corrected chi connectivity index (χ3v) is 3.73. The summed E-state index contributed by atoms with van der Waals surface area (Å²) in [5.41, 5.74) is 2.37. The normalized spacial score (nSPS) is 14.0. The number of hydrogen-bond acceptors (Lipinski definition) is 4. The van der Waals surface area contributed by atoms with Gasteiger partial charge in [0.15, 0.2) is 0 Å². The number of hydrogen-bond donors (Lipinski definition) is 0. The number of carbonyl (C=O) groups is 1. The molecule has 6 heteroatoms. The van der Waals surface area contributed by atoms with E-state index in [4.69, 9.17) is 0 Å². The molecule has 0 N–H and O–H groups in total. The standard InChI is InChI=1S/C16H15N3O3/c1-17-11-16(20)18(10-12-5-3-2-4-6-12)15-9-13(19(21)22)7-8-14(15)17/h2-9H,10-11H2,1H3. The first-order valence-electron chi connectivity index (χ1n) is 6.90. The molecule has 1 heterocycles. The van der Waals surface area contributed by atoms with E-state index in [1.165, 1.54) is 12.1 Å². The lowest BCUT2D eigenvalue weighted by Crippen LogP contribution is -2.43. The summed E-state index contributed by atoms with van der Waals surface area (Å²) in [5, 5.41) is 11.0. The molecule has 0 saturated heterocycles. The van der Waals surface area contributed by atoms with E-state index in [1.54, 1.807) is 11.0 Å². The summed E-state index contributed by atoms with van der Waals surface area (Å²) in [6.07, 6.45) is 0. The molecule has 0 aromatic heterocycles. The Balaban J connectivity index is 2.03. The maximum absolute atomic E-state index is 12.4. The van der Waals surface area contributed by atoms with Gasteiger partial charge in [-0.15, -0.1) is 0 Å². The minimum absolute atomic E-state index is 0.0140. The molecule has 112 valence electrons. The number of nitrogens with zero attached hydrogens (tertiary/aromatic N) is 3. The van der Waals surface area contributed by atoms with Crippen molar-refractivity contribution in [3.63, 3.8) is 0 Å². The van der Waals surface area contributed by atoms with Crippen LogP contribution < -0.4 is 9.80 Å². The van der Waals surface area contributed by atoms with Crippen LogP contribution in [0.4, 0.5) is 17.1 Å². The number of likely N-dealkylation sites (N-methyl/N-ethyl adjacent to an activating group) is 1. The van der Waals surface area contributed by atoms with Gasteiger partial charge in [0.1, 0.15) is 0 Å². The van der Waals surface area contributed by atoms with Crippen molar-refractivity contribution in [3.05, 3.63) is 64.2 Å². The van der Waals surface area contributed by atoms with Crippen LogP contribution in [0.1, 0.15) is 5.56 Å². The predicted molar refractivity (Wildman–Crippen MR) is 84.0 cm³/mol. The minimum atomic E-state index is -0.444. The van der Waals surface area contributed by atoms with Crippen molar-refractivity contribution in [2.24, 2.45) is 0 Å². The summed E-state index contributed by atoms with van der Waals surface area (Å²) in [5.74, 6) is -0.0700. The molecule has 1 aliphatic heterocycles. The Morgan fingerprint density at radius 2 is 1.86 bits per heavy atom. The van der Waals surface area contributed by atoms with Crippen molar-refractivity contribution in [2.45, 2.75) is 6.54 Å². The SMILES string of the molecule is CN1CC(=O)N(Cc2ccccc2)c2cc([N+](=O)[O-])ccc21. The molecule has 0 bridgehead atoms. The molecule has 0 atom stereocenters. The van der Waals surface area contributed by atoms with Crippen LogP contribution in [0.2, 0.25) is 0 Å². The Bertz CT molecular complexity index is 731. The highest BCUT2D eigenvalue weighted by Gasteiger charge is 2.29. The maximum atomic E-state index is 12.4. The van der Waals surface area contributed by atoms with E-state index in [-0.39, 0.29) is 18.1 Å². The van der Waals surface area contributed by atoms with Gasteiger partial charge in [-0.25, -0.2) is 0 Å². The monoisotopic (exact) mass is 297 g/mol. The van der Waals surface area contributed by atoms with Crippen LogP contribution in [-0.4, -0.2) is 24.4 Å². The molecule has 0 saturated carbocycles. The predicted octanol–water partition coefficient (Wildman–Crippen LogP) is 2.58. The summed E-state index contributed by atoms with van der Waals surface area (Å²) in [6.45, 7) is 0.666. The molecule has 0 radical (unpaired) electrons. The van der Waals surface area contributed by atoms with E-state index in [2.05, 4.69) is 0 Å². The number of rotatable bonds is 3. The van der Waals surface area contributed by atoms with Crippen molar-refractivity contribution in [1.29, 1.82) is 0 Å². The van der Waals surface area contributed by atoms with Crippen LogP contribution in [-0.2, 0) is 11.3 Å². The lowest BCUT2D eigenvalue weighted by molar-refractivity contribution is -0.384. The quantitative estimate of drug-likeness (QED) is 0.645. The highest BCUT2D eigenvalue weighted by molar-refractivity contribution is 6.03. The molecule has 0 unspecified atom stereocenters. The first kappa shape index (κ1) is 14.1. The number of non-ortho nitro benzene ring substituents is 1. The van der Waals surface area contributed by atoms with Crippen LogP contribution in [0.5, 0.6) is 0 Å². The molecule has 22 heavy (non-hydrogen) atoms. The average molecular weight is 297 g/mol. The molecular weight excluding hydrogens is 282 g/mol. The van der Waals surface area contributed by atoms with Crippen LogP contribution in [0.3, 0.4) is 0 Å². The summed E-state index contributed by atoms with van der Waals surface area (Å²) < 4.78 is 0. The van der Waals surface area contributed by atoms with Crippen LogP contribution in [0.15, 0.2) is 48.5 Å². The highest BCUT2D eigenvalue weighted by Crippen LogP contribution is 2.36. The van der Waals surface area contributed by atoms with Crippen molar-refractivity contribution >= 4 is 23.0 Å². The van der Waals surface area contributed by atoms with E-state index in [1.807, 2.05) is 42.3 Å². The Morgan fingerprint density at radius 3 is 2.55 bits per heavy atom. The molecule has 0 spiro atoms. The fraction of sp³-hybridized carbons (Fsp3) is 0.188. The van der Waals surface area contributed by atoms with Crippen molar-refractivity contribution < 1.29 is 9.72 Å². The second-order valence-electron chi connectivity index (χ2n) is 5.25. The number of carbonyl (C=O) groups excluding carboxylic acids is 1. The summed E-state index contributed by atoms with van der Waals surface area (Å²) in [7, 11) is 1.81.